The number of rotatable bonds is 4. The lowest BCUT2D eigenvalue weighted by molar-refractivity contribution is 0.390. The molecule has 3 aromatic rings. The lowest BCUT2D eigenvalue weighted by Gasteiger charge is -2.12. The molecule has 0 amide bonds. The van der Waals surface area contributed by atoms with Crippen LogP contribution in [0, 0.1) is 0 Å². The van der Waals surface area contributed by atoms with Crippen LogP contribution in [-0.2, 0) is 6.54 Å². The van der Waals surface area contributed by atoms with Gasteiger partial charge in [-0.3, -0.25) is 0 Å². The van der Waals surface area contributed by atoms with E-state index in [1.807, 2.05) is 36.4 Å². The van der Waals surface area contributed by atoms with Gasteiger partial charge in [0.1, 0.15) is 11.5 Å². The Morgan fingerprint density at radius 3 is 2.62 bits per heavy atom. The fourth-order valence-corrected chi connectivity index (χ4v) is 2.66. The molecule has 21 heavy (non-hydrogen) atoms. The van der Waals surface area contributed by atoms with Gasteiger partial charge in [-0.1, -0.05) is 11.6 Å². The smallest absolute Gasteiger partial charge is 0.127 e. The van der Waals surface area contributed by atoms with E-state index in [9.17, 15) is 0 Å². The lowest BCUT2D eigenvalue weighted by Crippen LogP contribution is -2.01. The molecular formula is C17H16ClNO2. The Morgan fingerprint density at radius 1 is 1.00 bits per heavy atom. The summed E-state index contributed by atoms with van der Waals surface area (Å²) in [5, 5.41) is 1.89. The number of halogens is 1. The van der Waals surface area contributed by atoms with Crippen LogP contribution in [-0.4, -0.2) is 18.8 Å². The number of nitrogens with zero attached hydrogens (tertiary/aromatic N) is 1. The van der Waals surface area contributed by atoms with Crippen molar-refractivity contribution < 1.29 is 9.47 Å². The minimum atomic E-state index is 0.734. The summed E-state index contributed by atoms with van der Waals surface area (Å²) in [5.41, 5.74) is 2.25. The van der Waals surface area contributed by atoms with E-state index in [0.717, 1.165) is 39.5 Å². The molecule has 0 aliphatic heterocycles. The molecule has 4 heteroatoms. The van der Waals surface area contributed by atoms with Gasteiger partial charge in [-0.25, -0.2) is 0 Å². The van der Waals surface area contributed by atoms with Crippen LogP contribution in [0.2, 0.25) is 5.02 Å². The summed E-state index contributed by atoms with van der Waals surface area (Å²) in [4.78, 5) is 0. The molecule has 0 saturated carbocycles. The molecule has 0 unspecified atom stereocenters. The predicted octanol–water partition coefficient (Wildman–Crippen LogP) is 4.36. The average Bonchev–Trinajstić information content (AvgIpc) is 2.89. The van der Waals surface area contributed by atoms with Crippen LogP contribution in [0.4, 0.5) is 0 Å². The van der Waals surface area contributed by atoms with Gasteiger partial charge in [-0.05, 0) is 36.4 Å². The number of aromatic nitrogens is 1. The SMILES string of the molecule is COc1ccc(Cn2ccc3cc(Cl)ccc32)c(OC)c1. The van der Waals surface area contributed by atoms with E-state index >= 15 is 0 Å². The highest BCUT2D eigenvalue weighted by molar-refractivity contribution is 6.31. The fraction of sp³-hybridized carbons (Fsp3) is 0.176. The molecule has 3 nitrogen and oxygen atoms in total. The van der Waals surface area contributed by atoms with Crippen LogP contribution in [0.5, 0.6) is 11.5 Å². The molecule has 2 aromatic carbocycles. The number of hydrogen-bond acceptors (Lipinski definition) is 2. The van der Waals surface area contributed by atoms with Crippen LogP contribution in [0.15, 0.2) is 48.7 Å². The van der Waals surface area contributed by atoms with E-state index in [1.165, 1.54) is 0 Å². The normalized spacial score (nSPS) is 10.8. The molecule has 0 spiro atoms. The fourth-order valence-electron chi connectivity index (χ4n) is 2.47. The maximum atomic E-state index is 6.03. The van der Waals surface area contributed by atoms with Crippen LogP contribution >= 0.6 is 11.6 Å². The van der Waals surface area contributed by atoms with E-state index < -0.39 is 0 Å². The highest BCUT2D eigenvalue weighted by Gasteiger charge is 2.08. The third-order valence-corrected chi connectivity index (χ3v) is 3.80. The molecule has 0 radical (unpaired) electrons. The standard InChI is InChI=1S/C17H16ClNO2/c1-20-15-5-3-13(17(10-15)21-2)11-19-8-7-12-9-14(18)4-6-16(12)19/h3-10H,11H2,1-2H3. The van der Waals surface area contributed by atoms with Gasteiger partial charge in [0.2, 0.25) is 0 Å². The van der Waals surface area contributed by atoms with Gasteiger partial charge in [0, 0.05) is 33.8 Å². The van der Waals surface area contributed by atoms with Gasteiger partial charge >= 0.3 is 0 Å². The second-order valence-corrected chi connectivity index (χ2v) is 5.26. The molecule has 0 saturated heterocycles. The highest BCUT2D eigenvalue weighted by atomic mass is 35.5. The van der Waals surface area contributed by atoms with Crippen molar-refractivity contribution in [2.75, 3.05) is 14.2 Å². The largest absolute Gasteiger partial charge is 0.497 e. The summed E-state index contributed by atoms with van der Waals surface area (Å²) in [6.45, 7) is 0.734. The minimum Gasteiger partial charge on any atom is -0.497 e. The van der Waals surface area contributed by atoms with Crippen molar-refractivity contribution in [3.05, 3.63) is 59.2 Å². The molecule has 1 heterocycles. The Balaban J connectivity index is 1.98. The molecule has 108 valence electrons. The number of ether oxygens (including phenoxy) is 2. The van der Waals surface area contributed by atoms with Crippen LogP contribution < -0.4 is 9.47 Å². The third kappa shape index (κ3) is 2.69. The third-order valence-electron chi connectivity index (χ3n) is 3.57. The van der Waals surface area contributed by atoms with Gasteiger partial charge in [0.25, 0.3) is 0 Å². The summed E-state index contributed by atoms with van der Waals surface area (Å²) < 4.78 is 12.9. The quantitative estimate of drug-likeness (QED) is 0.715. The summed E-state index contributed by atoms with van der Waals surface area (Å²) in [7, 11) is 3.32. The first-order valence-electron chi connectivity index (χ1n) is 6.66. The van der Waals surface area contributed by atoms with Crippen molar-refractivity contribution in [1.82, 2.24) is 4.57 Å². The van der Waals surface area contributed by atoms with Crippen LogP contribution in [0.25, 0.3) is 10.9 Å². The Kier molecular flexibility index (Phi) is 3.76. The number of benzene rings is 2. The molecule has 0 aliphatic carbocycles. The van der Waals surface area contributed by atoms with Crippen LogP contribution in [0.1, 0.15) is 5.56 Å². The number of hydrogen-bond donors (Lipinski definition) is 0. The van der Waals surface area contributed by atoms with Gasteiger partial charge in [0.15, 0.2) is 0 Å². The van der Waals surface area contributed by atoms with Gasteiger partial charge in [-0.15, -0.1) is 0 Å². The molecule has 0 N–H and O–H groups in total. The average molecular weight is 302 g/mol. The van der Waals surface area contributed by atoms with E-state index in [4.69, 9.17) is 21.1 Å². The first-order chi connectivity index (χ1) is 10.2. The molecule has 0 fully saturated rings. The Labute approximate surface area is 128 Å². The Hall–Kier alpha value is -2.13. The summed E-state index contributed by atoms with van der Waals surface area (Å²) in [5.74, 6) is 1.62. The molecular weight excluding hydrogens is 286 g/mol. The number of methoxy groups -OCH3 is 2. The van der Waals surface area contributed by atoms with E-state index in [2.05, 4.69) is 16.8 Å². The first-order valence-corrected chi connectivity index (χ1v) is 7.04. The maximum Gasteiger partial charge on any atom is 0.127 e. The van der Waals surface area contributed by atoms with Gasteiger partial charge in [0.05, 0.1) is 20.8 Å². The van der Waals surface area contributed by atoms with E-state index in [0.29, 0.717) is 0 Å². The summed E-state index contributed by atoms with van der Waals surface area (Å²) in [6, 6.07) is 13.9. The number of fused-ring (bicyclic) bond motifs is 1. The summed E-state index contributed by atoms with van der Waals surface area (Å²) >= 11 is 6.03. The summed E-state index contributed by atoms with van der Waals surface area (Å²) in [6.07, 6.45) is 2.06. The minimum absolute atomic E-state index is 0.734. The molecule has 0 bridgehead atoms. The van der Waals surface area contributed by atoms with Crippen molar-refractivity contribution in [2.45, 2.75) is 6.54 Å². The zero-order chi connectivity index (χ0) is 14.8. The second kappa shape index (κ2) is 5.70. The van der Waals surface area contributed by atoms with Crippen LogP contribution in [0.3, 0.4) is 0 Å². The second-order valence-electron chi connectivity index (χ2n) is 4.82. The zero-order valence-electron chi connectivity index (χ0n) is 12.0. The monoisotopic (exact) mass is 301 g/mol. The van der Waals surface area contributed by atoms with E-state index in [1.54, 1.807) is 14.2 Å². The molecule has 0 atom stereocenters. The van der Waals surface area contributed by atoms with Crippen molar-refractivity contribution in [1.29, 1.82) is 0 Å². The van der Waals surface area contributed by atoms with E-state index in [-0.39, 0.29) is 0 Å². The zero-order valence-corrected chi connectivity index (χ0v) is 12.7. The molecule has 1 aromatic heterocycles. The van der Waals surface area contributed by atoms with Crippen molar-refractivity contribution >= 4 is 22.5 Å². The van der Waals surface area contributed by atoms with Crippen molar-refractivity contribution in [3.63, 3.8) is 0 Å². The Bertz CT molecular complexity index is 780. The maximum absolute atomic E-state index is 6.03. The van der Waals surface area contributed by atoms with Crippen molar-refractivity contribution in [3.8, 4) is 11.5 Å². The van der Waals surface area contributed by atoms with Crippen molar-refractivity contribution in [2.24, 2.45) is 0 Å². The molecule has 3 rings (SSSR count). The Morgan fingerprint density at radius 2 is 1.86 bits per heavy atom. The predicted molar refractivity (Wildman–Crippen MR) is 85.6 cm³/mol. The molecule has 0 aliphatic rings. The lowest BCUT2D eigenvalue weighted by atomic mass is 10.2. The van der Waals surface area contributed by atoms with Gasteiger partial charge < -0.3 is 14.0 Å². The highest BCUT2D eigenvalue weighted by Crippen LogP contribution is 2.27. The van der Waals surface area contributed by atoms with Gasteiger partial charge in [-0.2, -0.15) is 0 Å². The topological polar surface area (TPSA) is 23.4 Å². The first kappa shape index (κ1) is 13.8.